The van der Waals surface area contributed by atoms with E-state index < -0.39 is 0 Å². The van der Waals surface area contributed by atoms with Crippen molar-refractivity contribution in [3.8, 4) is 5.75 Å². The molecule has 0 aliphatic rings. The number of fused-ring (bicyclic) bond motifs is 1. The Morgan fingerprint density at radius 1 is 1.62 bits per heavy atom. The Morgan fingerprint density at radius 3 is 3.00 bits per heavy atom. The Bertz CT molecular complexity index is 504. The van der Waals surface area contributed by atoms with E-state index in [9.17, 15) is 0 Å². The lowest BCUT2D eigenvalue weighted by Gasteiger charge is -2.07. The number of aromatic nitrogens is 1. The van der Waals surface area contributed by atoms with Gasteiger partial charge in [-0.05, 0) is 6.07 Å². The lowest BCUT2D eigenvalue weighted by molar-refractivity contribution is 0.311. The van der Waals surface area contributed by atoms with Gasteiger partial charge < -0.3 is 25.5 Å². The molecule has 0 saturated carbocycles. The van der Waals surface area contributed by atoms with Crippen molar-refractivity contribution in [1.82, 2.24) is 4.57 Å². The normalized spacial score (nSPS) is 10.9. The molecule has 0 aliphatic carbocycles. The van der Waals surface area contributed by atoms with Crippen molar-refractivity contribution < 1.29 is 9.84 Å². The fraction of sp³-hybridized carbons (Fsp3) is 0.400. The maximum absolute atomic E-state index is 8.77. The second-order valence-corrected chi connectivity index (χ2v) is 4.54. The van der Waals surface area contributed by atoms with Crippen LogP contribution in [0.2, 0.25) is 0 Å². The Morgan fingerprint density at radius 2 is 2.38 bits per heavy atom. The van der Waals surface area contributed by atoms with Gasteiger partial charge in [0.15, 0.2) is 5.75 Å². The van der Waals surface area contributed by atoms with E-state index in [0.29, 0.717) is 11.5 Å². The largest absolute Gasteiger partial charge is 0.492 e. The molecule has 5 nitrogen and oxygen atoms in total. The van der Waals surface area contributed by atoms with Gasteiger partial charge in [-0.2, -0.15) is 0 Å². The molecule has 0 aliphatic heterocycles. The fourth-order valence-electron chi connectivity index (χ4n) is 1.75. The number of aliphatic hydroxyl groups is 1. The zero-order chi connectivity index (χ0) is 11.7. The number of nitrogen functional groups attached to an aromatic ring is 1. The van der Waals surface area contributed by atoms with E-state index in [1.165, 1.54) is 11.3 Å². The van der Waals surface area contributed by atoms with Crippen LogP contribution in [-0.2, 0) is 7.05 Å². The van der Waals surface area contributed by atoms with E-state index >= 15 is 0 Å². The summed E-state index contributed by atoms with van der Waals surface area (Å²) < 4.78 is 8.35. The molecule has 4 N–H and O–H groups in total. The average molecular weight is 241 g/mol. The van der Waals surface area contributed by atoms with Gasteiger partial charge in [0.1, 0.15) is 16.3 Å². The van der Waals surface area contributed by atoms with Crippen LogP contribution in [0.15, 0.2) is 6.07 Å². The highest BCUT2D eigenvalue weighted by Crippen LogP contribution is 2.42. The number of aliphatic hydroxyl groups excluding tert-OH is 1. The third-order valence-electron chi connectivity index (χ3n) is 2.48. The molecular weight excluding hydrogens is 226 g/mol. The summed E-state index contributed by atoms with van der Waals surface area (Å²) in [5.41, 5.74) is 6.84. The first-order valence-electron chi connectivity index (χ1n) is 4.95. The van der Waals surface area contributed by atoms with Crippen LogP contribution in [0, 0.1) is 0 Å². The number of rotatable bonds is 4. The lowest BCUT2D eigenvalue weighted by atomic mass is 10.4. The highest BCUT2D eigenvalue weighted by molar-refractivity contribution is 7.23. The summed E-state index contributed by atoms with van der Waals surface area (Å²) in [7, 11) is 3.56. The summed E-state index contributed by atoms with van der Waals surface area (Å²) >= 11 is 1.50. The topological polar surface area (TPSA) is 72.4 Å². The van der Waals surface area contributed by atoms with Crippen molar-refractivity contribution in [3.63, 3.8) is 0 Å². The number of anilines is 2. The van der Waals surface area contributed by atoms with E-state index in [0.717, 1.165) is 21.8 Å². The quantitative estimate of drug-likeness (QED) is 0.753. The summed E-state index contributed by atoms with van der Waals surface area (Å²) in [6, 6.07) is 2.01. The summed E-state index contributed by atoms with van der Waals surface area (Å²) in [6.07, 6.45) is 0. The maximum Gasteiger partial charge on any atom is 0.177 e. The predicted octanol–water partition coefficient (Wildman–Crippen LogP) is 1.23. The Hall–Kier alpha value is -1.40. The molecule has 88 valence electrons. The van der Waals surface area contributed by atoms with Crippen LogP contribution in [0.1, 0.15) is 0 Å². The fourth-order valence-corrected chi connectivity index (χ4v) is 2.76. The number of nitrogens with two attached hydrogens (primary N) is 1. The van der Waals surface area contributed by atoms with Crippen LogP contribution in [0.25, 0.3) is 10.2 Å². The molecule has 0 bridgehead atoms. The van der Waals surface area contributed by atoms with E-state index in [2.05, 4.69) is 5.32 Å². The number of nitrogens with zero attached hydrogens (tertiary/aromatic N) is 1. The Kier molecular flexibility index (Phi) is 2.93. The molecule has 0 radical (unpaired) electrons. The van der Waals surface area contributed by atoms with Gasteiger partial charge in [-0.25, -0.2) is 0 Å². The number of aryl methyl sites for hydroxylation is 1. The zero-order valence-electron chi connectivity index (χ0n) is 9.28. The zero-order valence-corrected chi connectivity index (χ0v) is 10.1. The molecule has 0 atom stereocenters. The molecule has 2 aromatic rings. The standard InChI is InChI=1S/C10H15N3O2S/c1-13-7(12-3-4-14)5-6-8(13)9(15-2)10(11)16-6/h5,12,14H,3-4,11H2,1-2H3. The minimum absolute atomic E-state index is 0.109. The SMILES string of the molecule is COc1c(N)sc2cc(NCCO)n(C)c12. The molecule has 0 amide bonds. The Balaban J connectivity index is 2.48. The molecule has 16 heavy (non-hydrogen) atoms. The molecule has 0 fully saturated rings. The van der Waals surface area contributed by atoms with E-state index in [-0.39, 0.29) is 6.61 Å². The second kappa shape index (κ2) is 4.23. The number of ether oxygens (including phenoxy) is 1. The lowest BCUT2D eigenvalue weighted by Crippen LogP contribution is -2.08. The summed E-state index contributed by atoms with van der Waals surface area (Å²) in [5, 5.41) is 12.6. The molecule has 6 heteroatoms. The van der Waals surface area contributed by atoms with Crippen molar-refractivity contribution in [2.45, 2.75) is 0 Å². The van der Waals surface area contributed by atoms with Crippen molar-refractivity contribution in [3.05, 3.63) is 6.07 Å². The smallest absolute Gasteiger partial charge is 0.177 e. The van der Waals surface area contributed by atoms with Gasteiger partial charge in [0.2, 0.25) is 0 Å². The number of methoxy groups -OCH3 is 1. The monoisotopic (exact) mass is 241 g/mol. The minimum Gasteiger partial charge on any atom is -0.492 e. The van der Waals surface area contributed by atoms with Crippen LogP contribution in [0.3, 0.4) is 0 Å². The van der Waals surface area contributed by atoms with Gasteiger partial charge in [-0.1, -0.05) is 0 Å². The van der Waals surface area contributed by atoms with Gasteiger partial charge in [-0.3, -0.25) is 0 Å². The van der Waals surface area contributed by atoms with Gasteiger partial charge >= 0.3 is 0 Å². The van der Waals surface area contributed by atoms with Crippen LogP contribution in [-0.4, -0.2) is 29.9 Å². The summed E-state index contributed by atoms with van der Waals surface area (Å²) in [5.74, 6) is 1.67. The van der Waals surface area contributed by atoms with Crippen LogP contribution < -0.4 is 15.8 Å². The predicted molar refractivity (Wildman–Crippen MR) is 67.3 cm³/mol. The molecule has 0 saturated heterocycles. The first-order chi connectivity index (χ1) is 7.69. The first kappa shape index (κ1) is 11.1. The number of hydrogen-bond donors (Lipinski definition) is 3. The van der Waals surface area contributed by atoms with E-state index in [4.69, 9.17) is 15.6 Å². The third kappa shape index (κ3) is 1.60. The van der Waals surface area contributed by atoms with Crippen LogP contribution in [0.4, 0.5) is 10.8 Å². The summed E-state index contributed by atoms with van der Waals surface area (Å²) in [6.45, 7) is 0.640. The molecule has 0 spiro atoms. The number of nitrogens with one attached hydrogen (secondary N) is 1. The molecule has 0 aromatic carbocycles. The van der Waals surface area contributed by atoms with Gasteiger partial charge in [0.25, 0.3) is 0 Å². The third-order valence-corrected chi connectivity index (χ3v) is 3.42. The first-order valence-corrected chi connectivity index (χ1v) is 5.77. The van der Waals surface area contributed by atoms with E-state index in [1.807, 2.05) is 17.7 Å². The van der Waals surface area contributed by atoms with Crippen molar-refractivity contribution in [1.29, 1.82) is 0 Å². The Labute approximate surface area is 97.4 Å². The second-order valence-electron chi connectivity index (χ2n) is 3.45. The molecule has 2 aromatic heterocycles. The van der Waals surface area contributed by atoms with Crippen molar-refractivity contribution >= 4 is 32.4 Å². The average Bonchev–Trinajstić information content (AvgIpc) is 2.72. The number of hydrogen-bond acceptors (Lipinski definition) is 5. The van der Waals surface area contributed by atoms with Crippen LogP contribution in [0.5, 0.6) is 5.75 Å². The van der Waals surface area contributed by atoms with E-state index in [1.54, 1.807) is 7.11 Å². The van der Waals surface area contributed by atoms with Crippen molar-refractivity contribution in [2.75, 3.05) is 31.3 Å². The molecule has 0 unspecified atom stereocenters. The minimum atomic E-state index is 0.109. The molecule has 2 heterocycles. The highest BCUT2D eigenvalue weighted by atomic mass is 32.1. The van der Waals surface area contributed by atoms with Crippen molar-refractivity contribution in [2.24, 2.45) is 7.05 Å². The van der Waals surface area contributed by atoms with Gasteiger partial charge in [-0.15, -0.1) is 11.3 Å². The molecule has 2 rings (SSSR count). The molecular formula is C10H15N3O2S. The highest BCUT2D eigenvalue weighted by Gasteiger charge is 2.16. The summed E-state index contributed by atoms with van der Waals surface area (Å²) in [4.78, 5) is 0. The maximum atomic E-state index is 8.77. The number of thiophene rings is 1. The van der Waals surface area contributed by atoms with Crippen LogP contribution >= 0.6 is 11.3 Å². The van der Waals surface area contributed by atoms with Gasteiger partial charge in [0, 0.05) is 13.6 Å². The van der Waals surface area contributed by atoms with Gasteiger partial charge in [0.05, 0.1) is 18.4 Å².